The molecule has 0 amide bonds. The van der Waals surface area contributed by atoms with Crippen molar-refractivity contribution < 1.29 is 18.3 Å². The Balaban J connectivity index is 2.01. The number of nitrogens with zero attached hydrogens (tertiary/aromatic N) is 4. The molecule has 0 atom stereocenters. The summed E-state index contributed by atoms with van der Waals surface area (Å²) in [6.07, 6.45) is 1.50. The summed E-state index contributed by atoms with van der Waals surface area (Å²) in [6, 6.07) is 9.35. The Hall–Kier alpha value is -3.49. The van der Waals surface area contributed by atoms with Crippen LogP contribution in [0.15, 0.2) is 47.4 Å². The summed E-state index contributed by atoms with van der Waals surface area (Å²) < 4.78 is 37.7. The molecular weight excluding hydrogens is 370 g/mol. The van der Waals surface area contributed by atoms with Crippen LogP contribution in [0.1, 0.15) is 6.92 Å². The third-order valence-corrected chi connectivity index (χ3v) is 4.30. The maximum absolute atomic E-state index is 13.2. The second-order valence-electron chi connectivity index (χ2n) is 6.00. The van der Waals surface area contributed by atoms with E-state index in [-0.39, 0.29) is 11.3 Å². The topological polar surface area (TPSA) is 71.2 Å². The summed E-state index contributed by atoms with van der Waals surface area (Å²) >= 11 is 0. The predicted molar refractivity (Wildman–Crippen MR) is 99.4 cm³/mol. The van der Waals surface area contributed by atoms with Gasteiger partial charge in [0.15, 0.2) is 5.65 Å². The van der Waals surface area contributed by atoms with Crippen molar-refractivity contribution in [3.8, 4) is 17.3 Å². The van der Waals surface area contributed by atoms with Gasteiger partial charge in [-0.1, -0.05) is 0 Å². The number of aromatic nitrogens is 4. The summed E-state index contributed by atoms with van der Waals surface area (Å²) in [5.74, 6) is 0.379. The summed E-state index contributed by atoms with van der Waals surface area (Å²) in [5, 5.41) is 5.33. The van der Waals surface area contributed by atoms with Crippen molar-refractivity contribution in [1.29, 1.82) is 0 Å². The van der Waals surface area contributed by atoms with Gasteiger partial charge in [-0.05, 0) is 37.3 Å². The number of benzene rings is 1. The van der Waals surface area contributed by atoms with Crippen molar-refractivity contribution in [2.45, 2.75) is 13.5 Å². The van der Waals surface area contributed by atoms with Gasteiger partial charge in [0.25, 0.3) is 5.56 Å². The fraction of sp³-hybridized carbons (Fsp3) is 0.211. The van der Waals surface area contributed by atoms with Crippen LogP contribution in [0.3, 0.4) is 0 Å². The number of hydrogen-bond donors (Lipinski definition) is 0. The minimum atomic E-state index is -2.92. The molecule has 0 unspecified atom stereocenters. The molecule has 28 heavy (non-hydrogen) atoms. The van der Waals surface area contributed by atoms with Crippen molar-refractivity contribution in [2.75, 3.05) is 6.61 Å². The molecule has 0 saturated heterocycles. The molecule has 0 radical (unpaired) electrons. The molecule has 0 aliphatic rings. The highest BCUT2D eigenvalue weighted by atomic mass is 19.3. The standard InChI is InChI=1S/C19H16F2N4O3/c1-3-27-15-9-8-13-16-14(10-22-24(16)2)18(26)25(17(13)23-15)11-4-6-12(7-5-11)28-19(20)21/h4-10,19H,3H2,1-2H3. The number of aryl methyl sites for hydroxylation is 1. The van der Waals surface area contributed by atoms with Crippen molar-refractivity contribution in [3.05, 3.63) is 52.9 Å². The maximum Gasteiger partial charge on any atom is 0.387 e. The SMILES string of the molecule is CCOc1ccc2c3c(cnn3C)c(=O)n(-c3ccc(OC(F)F)cc3)c2n1. The molecule has 0 fully saturated rings. The average molecular weight is 386 g/mol. The lowest BCUT2D eigenvalue weighted by molar-refractivity contribution is -0.0498. The van der Waals surface area contributed by atoms with E-state index in [1.54, 1.807) is 17.8 Å². The van der Waals surface area contributed by atoms with Crippen LogP contribution in [0.5, 0.6) is 11.6 Å². The number of pyridine rings is 2. The highest BCUT2D eigenvalue weighted by Gasteiger charge is 2.17. The predicted octanol–water partition coefficient (Wildman–Crippen LogP) is 3.27. The Labute approximate surface area is 157 Å². The van der Waals surface area contributed by atoms with Gasteiger partial charge in [-0.3, -0.25) is 14.0 Å². The number of fused-ring (bicyclic) bond motifs is 3. The first kappa shape index (κ1) is 17.9. The zero-order valence-corrected chi connectivity index (χ0v) is 15.1. The highest BCUT2D eigenvalue weighted by molar-refractivity contribution is 6.02. The van der Waals surface area contributed by atoms with Gasteiger partial charge in [0.2, 0.25) is 5.88 Å². The summed E-state index contributed by atoms with van der Waals surface area (Å²) in [5.41, 5.74) is 1.18. The van der Waals surface area contributed by atoms with E-state index >= 15 is 0 Å². The molecule has 9 heteroatoms. The molecule has 0 N–H and O–H groups in total. The van der Waals surface area contributed by atoms with Gasteiger partial charge in [0, 0.05) is 18.5 Å². The first-order chi connectivity index (χ1) is 13.5. The quantitative estimate of drug-likeness (QED) is 0.526. The van der Waals surface area contributed by atoms with Crippen LogP contribution in [0.2, 0.25) is 0 Å². The number of ether oxygens (including phenoxy) is 2. The normalized spacial score (nSPS) is 11.5. The summed E-state index contributed by atoms with van der Waals surface area (Å²) in [7, 11) is 1.75. The van der Waals surface area contributed by atoms with Gasteiger partial charge in [0.1, 0.15) is 5.75 Å². The fourth-order valence-corrected chi connectivity index (χ4v) is 3.16. The molecule has 7 nitrogen and oxygen atoms in total. The highest BCUT2D eigenvalue weighted by Crippen LogP contribution is 2.26. The monoisotopic (exact) mass is 386 g/mol. The molecule has 0 bridgehead atoms. The second kappa shape index (κ2) is 6.91. The molecule has 3 aromatic heterocycles. The number of alkyl halides is 2. The van der Waals surface area contributed by atoms with Crippen molar-refractivity contribution in [1.82, 2.24) is 19.3 Å². The maximum atomic E-state index is 13.2. The van der Waals surface area contributed by atoms with Gasteiger partial charge >= 0.3 is 6.61 Å². The minimum absolute atomic E-state index is 0.00141. The Morgan fingerprint density at radius 2 is 1.86 bits per heavy atom. The van der Waals surface area contributed by atoms with Gasteiger partial charge in [-0.25, -0.2) is 0 Å². The van der Waals surface area contributed by atoms with Gasteiger partial charge in [-0.15, -0.1) is 0 Å². The number of hydrogen-bond acceptors (Lipinski definition) is 5. The van der Waals surface area contributed by atoms with Crippen molar-refractivity contribution in [3.63, 3.8) is 0 Å². The van der Waals surface area contributed by atoms with Crippen LogP contribution in [0, 0.1) is 0 Å². The molecule has 144 valence electrons. The average Bonchev–Trinajstić information content (AvgIpc) is 3.05. The van der Waals surface area contributed by atoms with Crippen LogP contribution in [0.25, 0.3) is 27.6 Å². The van der Waals surface area contributed by atoms with Gasteiger partial charge in [-0.2, -0.15) is 18.9 Å². The van der Waals surface area contributed by atoms with Gasteiger partial charge in [0.05, 0.1) is 29.4 Å². The third kappa shape index (κ3) is 2.94. The fourth-order valence-electron chi connectivity index (χ4n) is 3.16. The van der Waals surface area contributed by atoms with E-state index in [2.05, 4.69) is 14.8 Å². The first-order valence-electron chi connectivity index (χ1n) is 8.55. The van der Waals surface area contributed by atoms with Crippen LogP contribution >= 0.6 is 0 Å². The molecule has 4 aromatic rings. The first-order valence-corrected chi connectivity index (χ1v) is 8.55. The molecule has 3 heterocycles. The Kier molecular flexibility index (Phi) is 4.42. The number of halogens is 2. The molecule has 4 rings (SSSR count). The van der Waals surface area contributed by atoms with E-state index in [4.69, 9.17) is 4.74 Å². The van der Waals surface area contributed by atoms with Crippen LogP contribution in [-0.4, -0.2) is 32.5 Å². The lowest BCUT2D eigenvalue weighted by atomic mass is 10.2. The van der Waals surface area contributed by atoms with Gasteiger partial charge < -0.3 is 9.47 Å². The largest absolute Gasteiger partial charge is 0.478 e. The summed E-state index contributed by atoms with van der Waals surface area (Å²) in [4.78, 5) is 17.7. The summed E-state index contributed by atoms with van der Waals surface area (Å²) in [6.45, 7) is -0.655. The minimum Gasteiger partial charge on any atom is -0.478 e. The molecule has 0 spiro atoms. The number of rotatable bonds is 5. The molecular formula is C19H16F2N4O3. The van der Waals surface area contributed by atoms with E-state index in [0.29, 0.717) is 40.1 Å². The molecule has 0 aliphatic heterocycles. The van der Waals surface area contributed by atoms with Crippen LogP contribution < -0.4 is 15.0 Å². The van der Waals surface area contributed by atoms with Crippen LogP contribution in [-0.2, 0) is 7.05 Å². The molecule has 0 saturated carbocycles. The molecule has 1 aromatic carbocycles. The second-order valence-corrected chi connectivity index (χ2v) is 6.00. The van der Waals surface area contributed by atoms with Crippen molar-refractivity contribution in [2.24, 2.45) is 7.05 Å². The Morgan fingerprint density at radius 3 is 2.54 bits per heavy atom. The van der Waals surface area contributed by atoms with Crippen LogP contribution in [0.4, 0.5) is 8.78 Å². The Bertz CT molecular complexity index is 1220. The Morgan fingerprint density at radius 1 is 1.11 bits per heavy atom. The third-order valence-electron chi connectivity index (χ3n) is 4.30. The smallest absolute Gasteiger partial charge is 0.387 e. The lowest BCUT2D eigenvalue weighted by Crippen LogP contribution is -2.20. The van der Waals surface area contributed by atoms with E-state index < -0.39 is 6.61 Å². The molecule has 0 aliphatic carbocycles. The van der Waals surface area contributed by atoms with E-state index in [0.717, 1.165) is 0 Å². The zero-order chi connectivity index (χ0) is 19.8. The zero-order valence-electron chi connectivity index (χ0n) is 15.1. The van der Waals surface area contributed by atoms with E-state index in [9.17, 15) is 13.6 Å². The van der Waals surface area contributed by atoms with E-state index in [1.807, 2.05) is 13.0 Å². The van der Waals surface area contributed by atoms with E-state index in [1.165, 1.54) is 35.0 Å². The lowest BCUT2D eigenvalue weighted by Gasteiger charge is -2.13. The van der Waals surface area contributed by atoms with Crippen molar-refractivity contribution >= 4 is 21.9 Å².